The molecular weight excluding hydrogens is 294 g/mol. The van der Waals surface area contributed by atoms with Crippen LogP contribution in [-0.2, 0) is 4.74 Å². The molecule has 2 unspecified atom stereocenters. The smallest absolute Gasteiger partial charge is 0.256 e. The molecule has 0 saturated carbocycles. The average Bonchev–Trinajstić information content (AvgIpc) is 2.52. The summed E-state index contributed by atoms with van der Waals surface area (Å²) in [4.78, 5) is 21.5. The Morgan fingerprint density at radius 3 is 2.39 bits per heavy atom. The Kier molecular flexibility index (Phi) is 4.29. The summed E-state index contributed by atoms with van der Waals surface area (Å²) in [5.41, 5.74) is 0.705. The molecule has 3 heterocycles. The number of carbonyl (C=O) groups is 1. The summed E-state index contributed by atoms with van der Waals surface area (Å²) in [5.74, 6) is 0.551. The first-order valence-corrected chi connectivity index (χ1v) is 8.05. The zero-order chi connectivity index (χ0) is 16.6. The number of aromatic nitrogens is 1. The van der Waals surface area contributed by atoms with Crippen LogP contribution >= 0.6 is 0 Å². The van der Waals surface area contributed by atoms with Gasteiger partial charge >= 0.3 is 0 Å². The number of rotatable bonds is 2. The van der Waals surface area contributed by atoms with Crippen molar-refractivity contribution in [3.05, 3.63) is 23.9 Å². The van der Waals surface area contributed by atoms with Crippen LogP contribution in [-0.4, -0.2) is 71.7 Å². The van der Waals surface area contributed by atoms with Crippen LogP contribution in [0.15, 0.2) is 18.3 Å². The quantitative estimate of drug-likeness (QED) is 0.825. The maximum absolute atomic E-state index is 12.9. The molecule has 2 bridgehead atoms. The fraction of sp³-hybridized carbons (Fsp3) is 0.647. The Bertz CT molecular complexity index is 553. The number of ether oxygens (including phenoxy) is 2. The van der Waals surface area contributed by atoms with Crippen molar-refractivity contribution < 1.29 is 14.3 Å². The molecule has 1 amide bonds. The number of methoxy groups -OCH3 is 1. The molecule has 3 rings (SSSR count). The van der Waals surface area contributed by atoms with Gasteiger partial charge in [0.2, 0.25) is 5.88 Å². The van der Waals surface area contributed by atoms with E-state index in [0.717, 1.165) is 13.1 Å². The molecule has 0 N–H and O–H groups in total. The first-order valence-electron chi connectivity index (χ1n) is 8.05. The Hall–Kier alpha value is -1.66. The van der Waals surface area contributed by atoms with Gasteiger partial charge in [-0.05, 0) is 26.8 Å². The Morgan fingerprint density at radius 2 is 1.91 bits per heavy atom. The lowest BCUT2D eigenvalue weighted by atomic mass is 9.96. The van der Waals surface area contributed by atoms with E-state index in [1.165, 1.54) is 0 Å². The van der Waals surface area contributed by atoms with Gasteiger partial charge in [0.15, 0.2) is 0 Å². The van der Waals surface area contributed by atoms with E-state index in [1.54, 1.807) is 25.4 Å². The number of fused-ring (bicyclic) bond motifs is 2. The molecule has 2 aliphatic heterocycles. The lowest BCUT2D eigenvalue weighted by molar-refractivity contribution is -0.0965. The number of nitrogens with zero attached hydrogens (tertiary/aromatic N) is 3. The van der Waals surface area contributed by atoms with Crippen molar-refractivity contribution in [1.29, 1.82) is 0 Å². The standard InChI is InChI=1S/C17H25N3O3/c1-17(2,3)19-8-13-10-23-11-14(9-19)20(13)16(21)12-5-6-15(22-4)18-7-12/h5-7,13-14H,8-11H2,1-4H3. The van der Waals surface area contributed by atoms with Crippen molar-refractivity contribution in [3.8, 4) is 5.88 Å². The topological polar surface area (TPSA) is 54.9 Å². The number of piperazine rings is 1. The summed E-state index contributed by atoms with van der Waals surface area (Å²) < 4.78 is 10.8. The maximum atomic E-state index is 12.9. The fourth-order valence-corrected chi connectivity index (χ4v) is 3.32. The number of hydrogen-bond donors (Lipinski definition) is 0. The first-order chi connectivity index (χ1) is 10.9. The van der Waals surface area contributed by atoms with Gasteiger partial charge in [0.1, 0.15) is 0 Å². The second kappa shape index (κ2) is 6.09. The average molecular weight is 319 g/mol. The molecule has 2 fully saturated rings. The molecule has 2 aliphatic rings. The molecule has 1 aromatic heterocycles. The Balaban J connectivity index is 1.80. The van der Waals surface area contributed by atoms with Crippen molar-refractivity contribution in [2.45, 2.75) is 38.4 Å². The van der Waals surface area contributed by atoms with Crippen LogP contribution < -0.4 is 4.74 Å². The molecule has 23 heavy (non-hydrogen) atoms. The summed E-state index contributed by atoms with van der Waals surface area (Å²) in [5, 5.41) is 0. The summed E-state index contributed by atoms with van der Waals surface area (Å²) in [6.07, 6.45) is 1.59. The normalized spacial score (nSPS) is 25.3. The van der Waals surface area contributed by atoms with Crippen LogP contribution in [0.4, 0.5) is 0 Å². The third-order valence-electron chi connectivity index (χ3n) is 4.65. The highest BCUT2D eigenvalue weighted by atomic mass is 16.5. The summed E-state index contributed by atoms with van der Waals surface area (Å²) in [6.45, 7) is 9.53. The van der Waals surface area contributed by atoms with E-state index in [4.69, 9.17) is 9.47 Å². The summed E-state index contributed by atoms with van der Waals surface area (Å²) >= 11 is 0. The van der Waals surface area contributed by atoms with Crippen LogP contribution in [0.5, 0.6) is 5.88 Å². The van der Waals surface area contributed by atoms with Crippen molar-refractivity contribution >= 4 is 5.91 Å². The minimum absolute atomic E-state index is 0.0343. The van der Waals surface area contributed by atoms with Gasteiger partial charge in [-0.25, -0.2) is 4.98 Å². The first kappa shape index (κ1) is 16.2. The second-order valence-corrected chi connectivity index (χ2v) is 7.22. The van der Waals surface area contributed by atoms with Crippen LogP contribution in [0.3, 0.4) is 0 Å². The number of amides is 1. The van der Waals surface area contributed by atoms with Gasteiger partial charge in [0.05, 0.1) is 38.0 Å². The second-order valence-electron chi connectivity index (χ2n) is 7.22. The van der Waals surface area contributed by atoms with E-state index in [2.05, 4.69) is 30.7 Å². The predicted molar refractivity (Wildman–Crippen MR) is 86.7 cm³/mol. The fourth-order valence-electron chi connectivity index (χ4n) is 3.32. The summed E-state index contributed by atoms with van der Waals surface area (Å²) in [7, 11) is 1.57. The van der Waals surface area contributed by atoms with Crippen LogP contribution in [0.1, 0.15) is 31.1 Å². The highest BCUT2D eigenvalue weighted by Crippen LogP contribution is 2.28. The van der Waals surface area contributed by atoms with Gasteiger partial charge in [-0.15, -0.1) is 0 Å². The van der Waals surface area contributed by atoms with Crippen LogP contribution in [0.2, 0.25) is 0 Å². The largest absolute Gasteiger partial charge is 0.481 e. The molecule has 2 atom stereocenters. The van der Waals surface area contributed by atoms with E-state index < -0.39 is 0 Å². The molecule has 0 aromatic carbocycles. The minimum Gasteiger partial charge on any atom is -0.481 e. The maximum Gasteiger partial charge on any atom is 0.256 e. The Morgan fingerprint density at radius 1 is 1.26 bits per heavy atom. The Labute approximate surface area is 137 Å². The van der Waals surface area contributed by atoms with E-state index in [9.17, 15) is 4.79 Å². The number of carbonyl (C=O) groups excluding carboxylic acids is 1. The van der Waals surface area contributed by atoms with Crippen molar-refractivity contribution in [2.75, 3.05) is 33.4 Å². The lowest BCUT2D eigenvalue weighted by Crippen LogP contribution is -2.68. The van der Waals surface area contributed by atoms with E-state index in [1.807, 2.05) is 4.90 Å². The third-order valence-corrected chi connectivity index (χ3v) is 4.65. The molecule has 126 valence electrons. The monoisotopic (exact) mass is 319 g/mol. The van der Waals surface area contributed by atoms with Gasteiger partial charge in [0, 0.05) is 30.9 Å². The van der Waals surface area contributed by atoms with Crippen LogP contribution in [0.25, 0.3) is 0 Å². The zero-order valence-electron chi connectivity index (χ0n) is 14.3. The molecule has 6 heteroatoms. The third kappa shape index (κ3) is 3.19. The van der Waals surface area contributed by atoms with Crippen molar-refractivity contribution in [3.63, 3.8) is 0 Å². The molecule has 2 saturated heterocycles. The van der Waals surface area contributed by atoms with Crippen LogP contribution in [0, 0.1) is 0 Å². The number of morpholine rings is 1. The zero-order valence-corrected chi connectivity index (χ0v) is 14.3. The van der Waals surface area contributed by atoms with Gasteiger partial charge in [-0.1, -0.05) is 0 Å². The number of hydrogen-bond acceptors (Lipinski definition) is 5. The van der Waals surface area contributed by atoms with E-state index in [-0.39, 0.29) is 23.5 Å². The molecule has 6 nitrogen and oxygen atoms in total. The predicted octanol–water partition coefficient (Wildman–Crippen LogP) is 1.41. The van der Waals surface area contributed by atoms with Gasteiger partial charge in [-0.3, -0.25) is 9.69 Å². The summed E-state index contributed by atoms with van der Waals surface area (Å²) in [6, 6.07) is 3.69. The van der Waals surface area contributed by atoms with Crippen molar-refractivity contribution in [2.24, 2.45) is 0 Å². The number of pyridine rings is 1. The lowest BCUT2D eigenvalue weighted by Gasteiger charge is -2.53. The molecular formula is C17H25N3O3. The van der Waals surface area contributed by atoms with Gasteiger partial charge in [-0.2, -0.15) is 0 Å². The minimum atomic E-state index is 0.0343. The van der Waals surface area contributed by atoms with E-state index >= 15 is 0 Å². The van der Waals surface area contributed by atoms with Gasteiger partial charge in [0.25, 0.3) is 5.91 Å². The highest BCUT2D eigenvalue weighted by molar-refractivity contribution is 5.94. The molecule has 0 radical (unpaired) electrons. The molecule has 0 spiro atoms. The SMILES string of the molecule is COc1ccc(C(=O)N2C3COCC2CN(C(C)(C)C)C3)cn1. The van der Waals surface area contributed by atoms with Crippen molar-refractivity contribution in [1.82, 2.24) is 14.8 Å². The molecule has 0 aliphatic carbocycles. The highest BCUT2D eigenvalue weighted by Gasteiger charge is 2.43. The van der Waals surface area contributed by atoms with Gasteiger partial charge < -0.3 is 14.4 Å². The van der Waals surface area contributed by atoms with E-state index in [0.29, 0.717) is 24.7 Å². The molecule has 1 aromatic rings.